The zero-order valence-corrected chi connectivity index (χ0v) is 18.1. The summed E-state index contributed by atoms with van der Waals surface area (Å²) in [7, 11) is 0. The molecule has 4 heteroatoms. The zero-order valence-electron chi connectivity index (χ0n) is 16.6. The van der Waals surface area contributed by atoms with E-state index < -0.39 is 0 Å². The number of nitrogens with zero attached hydrogens (tertiary/aromatic N) is 1. The van der Waals surface area contributed by atoms with Crippen LogP contribution in [0.5, 0.6) is 0 Å². The molecule has 0 unspecified atom stereocenters. The minimum atomic E-state index is 0.0128. The van der Waals surface area contributed by atoms with Gasteiger partial charge < -0.3 is 4.90 Å². The Morgan fingerprint density at radius 2 is 1.79 bits per heavy atom. The Kier molecular flexibility index (Phi) is 6.32. The van der Waals surface area contributed by atoms with Crippen molar-refractivity contribution in [1.29, 1.82) is 0 Å². The Balaban J connectivity index is 1.76. The van der Waals surface area contributed by atoms with Crippen LogP contribution in [0.3, 0.4) is 0 Å². The number of hydrogen-bond acceptors (Lipinski definition) is 1. The van der Waals surface area contributed by atoms with E-state index in [9.17, 15) is 4.79 Å². The van der Waals surface area contributed by atoms with Crippen LogP contribution < -0.4 is 0 Å². The van der Waals surface area contributed by atoms with Gasteiger partial charge in [-0.05, 0) is 73.4 Å². The van der Waals surface area contributed by atoms with Gasteiger partial charge in [-0.1, -0.05) is 53.5 Å². The number of rotatable bonds is 7. The number of carbonyl (C=O) groups is 1. The summed E-state index contributed by atoms with van der Waals surface area (Å²) in [4.78, 5) is 15.7. The van der Waals surface area contributed by atoms with Crippen molar-refractivity contribution in [3.63, 3.8) is 0 Å². The Labute approximate surface area is 183 Å². The number of allylic oxidation sites excluding steroid dienone is 1. The van der Waals surface area contributed by atoms with Gasteiger partial charge >= 0.3 is 0 Å². The highest BCUT2D eigenvalue weighted by Crippen LogP contribution is 2.48. The number of halogens is 2. The first kappa shape index (κ1) is 20.5. The molecule has 0 aromatic heterocycles. The molecule has 0 bridgehead atoms. The van der Waals surface area contributed by atoms with Crippen molar-refractivity contribution < 1.29 is 4.79 Å². The van der Waals surface area contributed by atoms with E-state index in [1.165, 1.54) is 18.4 Å². The molecule has 1 aliphatic heterocycles. The predicted octanol–water partition coefficient (Wildman–Crippen LogP) is 7.04. The maximum Gasteiger partial charge on any atom is 0.226 e. The molecule has 2 fully saturated rings. The summed E-state index contributed by atoms with van der Waals surface area (Å²) in [6.07, 6.45) is 6.90. The Bertz CT molecular complexity index is 875. The average molecular weight is 428 g/mol. The van der Waals surface area contributed by atoms with Gasteiger partial charge in [-0.2, -0.15) is 0 Å². The van der Waals surface area contributed by atoms with Crippen molar-refractivity contribution >= 4 is 29.1 Å². The SMILES string of the molecule is C=CCC[C@@H]1C[C@H](c2cccc(Cl)c2)[C@@H](c2ccc(Cl)cc2)N(CC2CC2)C1=O. The smallest absolute Gasteiger partial charge is 0.226 e. The number of piperidine rings is 1. The summed E-state index contributed by atoms with van der Waals surface area (Å²) in [6.45, 7) is 4.69. The molecule has 3 atom stereocenters. The zero-order chi connectivity index (χ0) is 20.4. The number of hydrogen-bond donors (Lipinski definition) is 0. The van der Waals surface area contributed by atoms with E-state index in [0.29, 0.717) is 10.9 Å². The lowest BCUT2D eigenvalue weighted by Gasteiger charge is -2.45. The third-order valence-electron chi connectivity index (χ3n) is 6.25. The van der Waals surface area contributed by atoms with E-state index in [0.717, 1.165) is 36.4 Å². The normalized spacial score (nSPS) is 24.6. The van der Waals surface area contributed by atoms with Crippen LogP contribution in [0.25, 0.3) is 0 Å². The van der Waals surface area contributed by atoms with Gasteiger partial charge in [0.2, 0.25) is 5.91 Å². The van der Waals surface area contributed by atoms with Gasteiger partial charge in [0.05, 0.1) is 6.04 Å². The quantitative estimate of drug-likeness (QED) is 0.433. The third-order valence-corrected chi connectivity index (χ3v) is 6.73. The second-order valence-electron chi connectivity index (χ2n) is 8.39. The van der Waals surface area contributed by atoms with Crippen molar-refractivity contribution in [3.05, 3.63) is 82.4 Å². The van der Waals surface area contributed by atoms with E-state index in [-0.39, 0.29) is 23.8 Å². The van der Waals surface area contributed by atoms with Crippen LogP contribution >= 0.6 is 23.2 Å². The summed E-state index contributed by atoms with van der Waals surface area (Å²) < 4.78 is 0. The molecule has 2 aliphatic rings. The van der Waals surface area contributed by atoms with Gasteiger partial charge in [-0.25, -0.2) is 0 Å². The highest BCUT2D eigenvalue weighted by Gasteiger charge is 2.44. The molecule has 1 amide bonds. The second kappa shape index (κ2) is 8.93. The van der Waals surface area contributed by atoms with Crippen LogP contribution in [-0.2, 0) is 4.79 Å². The van der Waals surface area contributed by atoms with E-state index in [2.05, 4.69) is 35.7 Å². The van der Waals surface area contributed by atoms with Crippen LogP contribution in [0.2, 0.25) is 10.0 Å². The van der Waals surface area contributed by atoms with E-state index in [1.54, 1.807) is 0 Å². The van der Waals surface area contributed by atoms with Gasteiger partial charge in [0.25, 0.3) is 0 Å². The molecule has 0 spiro atoms. The van der Waals surface area contributed by atoms with E-state index in [4.69, 9.17) is 23.2 Å². The van der Waals surface area contributed by atoms with Gasteiger partial charge in [0.1, 0.15) is 0 Å². The molecule has 0 radical (unpaired) electrons. The van der Waals surface area contributed by atoms with Crippen LogP contribution in [0.1, 0.15) is 55.2 Å². The summed E-state index contributed by atoms with van der Waals surface area (Å²) in [6, 6.07) is 16.1. The second-order valence-corrected chi connectivity index (χ2v) is 9.26. The van der Waals surface area contributed by atoms with Gasteiger partial charge in [0, 0.05) is 28.4 Å². The first-order valence-electron chi connectivity index (χ1n) is 10.5. The number of benzene rings is 2. The molecule has 1 aliphatic carbocycles. The van der Waals surface area contributed by atoms with Crippen molar-refractivity contribution in [1.82, 2.24) is 4.90 Å². The van der Waals surface area contributed by atoms with Gasteiger partial charge in [-0.15, -0.1) is 6.58 Å². The standard InChI is InChI=1S/C25H27Cl2NO/c1-2-3-5-20-15-23(19-6-4-7-22(27)14-19)24(18-10-12-21(26)13-11-18)28(25(20)29)16-17-8-9-17/h2,4,6-7,10-14,17,20,23-24H,1,3,5,8-9,15-16H2/t20-,23-,24-/m1/s1. The maximum atomic E-state index is 13.5. The molecule has 0 N–H and O–H groups in total. The highest BCUT2D eigenvalue weighted by molar-refractivity contribution is 6.30. The van der Waals surface area contributed by atoms with E-state index in [1.807, 2.05) is 30.3 Å². The van der Waals surface area contributed by atoms with Crippen molar-refractivity contribution in [2.45, 2.75) is 44.1 Å². The van der Waals surface area contributed by atoms with Gasteiger partial charge in [0.15, 0.2) is 0 Å². The largest absolute Gasteiger partial charge is 0.335 e. The molecule has 1 saturated heterocycles. The molecule has 4 rings (SSSR count). The lowest BCUT2D eigenvalue weighted by molar-refractivity contribution is -0.143. The van der Waals surface area contributed by atoms with Gasteiger partial charge in [-0.3, -0.25) is 4.79 Å². The minimum Gasteiger partial charge on any atom is -0.335 e. The lowest BCUT2D eigenvalue weighted by atomic mass is 9.74. The fraction of sp³-hybridized carbons (Fsp3) is 0.400. The molecular weight excluding hydrogens is 401 g/mol. The first-order chi connectivity index (χ1) is 14.1. The fourth-order valence-corrected chi connectivity index (χ4v) is 4.92. The third kappa shape index (κ3) is 4.70. The Hall–Kier alpha value is -1.77. The van der Waals surface area contributed by atoms with Crippen LogP contribution in [0.4, 0.5) is 0 Å². The highest BCUT2D eigenvalue weighted by atomic mass is 35.5. The van der Waals surface area contributed by atoms with Crippen molar-refractivity contribution in [3.8, 4) is 0 Å². The van der Waals surface area contributed by atoms with Crippen molar-refractivity contribution in [2.75, 3.05) is 6.54 Å². The number of carbonyl (C=O) groups excluding carboxylic acids is 1. The van der Waals surface area contributed by atoms with Crippen molar-refractivity contribution in [2.24, 2.45) is 11.8 Å². The molecule has 152 valence electrons. The predicted molar refractivity (Wildman–Crippen MR) is 120 cm³/mol. The lowest BCUT2D eigenvalue weighted by Crippen LogP contribution is -2.47. The molecule has 2 aromatic rings. The number of likely N-dealkylation sites (tertiary alicyclic amines) is 1. The maximum absolute atomic E-state index is 13.5. The van der Waals surface area contributed by atoms with E-state index >= 15 is 0 Å². The molecule has 1 saturated carbocycles. The minimum absolute atomic E-state index is 0.0128. The summed E-state index contributed by atoms with van der Waals surface area (Å²) in [5.74, 6) is 1.16. The molecular formula is C25H27Cl2NO. The fourth-order valence-electron chi connectivity index (χ4n) is 4.60. The monoisotopic (exact) mass is 427 g/mol. The average Bonchev–Trinajstić information content (AvgIpc) is 3.53. The summed E-state index contributed by atoms with van der Waals surface area (Å²) in [5, 5.41) is 1.46. The molecule has 2 aromatic carbocycles. The van der Waals surface area contributed by atoms with Crippen LogP contribution in [0.15, 0.2) is 61.2 Å². The van der Waals surface area contributed by atoms with Crippen LogP contribution in [0, 0.1) is 11.8 Å². The molecule has 1 heterocycles. The summed E-state index contributed by atoms with van der Waals surface area (Å²) in [5.41, 5.74) is 2.35. The molecule has 2 nitrogen and oxygen atoms in total. The Morgan fingerprint density at radius 3 is 2.45 bits per heavy atom. The number of amides is 1. The Morgan fingerprint density at radius 1 is 1.03 bits per heavy atom. The first-order valence-corrected chi connectivity index (χ1v) is 11.2. The van der Waals surface area contributed by atoms with Crippen LogP contribution in [-0.4, -0.2) is 17.4 Å². The topological polar surface area (TPSA) is 20.3 Å². The summed E-state index contributed by atoms with van der Waals surface area (Å²) >= 11 is 12.5. The molecule has 29 heavy (non-hydrogen) atoms.